The summed E-state index contributed by atoms with van der Waals surface area (Å²) in [6.07, 6.45) is 1.26. The molecule has 0 bridgehead atoms. The highest BCUT2D eigenvalue weighted by Crippen LogP contribution is 2.32. The molecule has 1 unspecified atom stereocenters. The van der Waals surface area contributed by atoms with Crippen LogP contribution >= 0.6 is 0 Å². The molecule has 23 heavy (non-hydrogen) atoms. The van der Waals surface area contributed by atoms with Crippen molar-refractivity contribution in [2.75, 3.05) is 5.32 Å². The average Bonchev–Trinajstić information content (AvgIpc) is 2.97. The van der Waals surface area contributed by atoms with E-state index in [1.54, 1.807) is 4.68 Å². The summed E-state index contributed by atoms with van der Waals surface area (Å²) in [6, 6.07) is 6.14. The number of nitrogens with zero attached hydrogens (tertiary/aromatic N) is 2. The Hall–Kier alpha value is -1.95. The van der Waals surface area contributed by atoms with Gasteiger partial charge in [-0.3, -0.25) is 9.00 Å². The van der Waals surface area contributed by atoms with Gasteiger partial charge in [-0.05, 0) is 31.9 Å². The van der Waals surface area contributed by atoms with E-state index in [-0.39, 0.29) is 5.91 Å². The number of anilines is 1. The monoisotopic (exact) mass is 331 g/mol. The summed E-state index contributed by atoms with van der Waals surface area (Å²) in [5.41, 5.74) is 4.97. The SMILES string of the molecule is CCCC(=O)Nc1c2c(nn1-c1ccc(C)cc1C)CS(=O)C2. The normalized spacial score (nSPS) is 16.4. The summed E-state index contributed by atoms with van der Waals surface area (Å²) in [4.78, 5) is 12.1. The average molecular weight is 331 g/mol. The van der Waals surface area contributed by atoms with Gasteiger partial charge in [0.25, 0.3) is 0 Å². The summed E-state index contributed by atoms with van der Waals surface area (Å²) in [6.45, 7) is 6.05. The van der Waals surface area contributed by atoms with Crippen LogP contribution in [-0.4, -0.2) is 19.9 Å². The first-order valence-corrected chi connectivity index (χ1v) is 9.31. The van der Waals surface area contributed by atoms with Crippen molar-refractivity contribution in [3.63, 3.8) is 0 Å². The van der Waals surface area contributed by atoms with E-state index in [1.807, 2.05) is 32.9 Å². The molecular weight excluding hydrogens is 310 g/mol. The molecule has 0 saturated heterocycles. The first kappa shape index (κ1) is 15.9. The van der Waals surface area contributed by atoms with Crippen molar-refractivity contribution in [1.82, 2.24) is 9.78 Å². The minimum atomic E-state index is -0.918. The number of fused-ring (bicyclic) bond motifs is 1. The molecule has 0 saturated carbocycles. The Morgan fingerprint density at radius 1 is 1.35 bits per heavy atom. The molecule has 1 aliphatic rings. The molecule has 2 heterocycles. The van der Waals surface area contributed by atoms with E-state index >= 15 is 0 Å². The van der Waals surface area contributed by atoms with Crippen molar-refractivity contribution in [2.24, 2.45) is 0 Å². The minimum Gasteiger partial charge on any atom is -0.310 e. The van der Waals surface area contributed by atoms with Crippen LogP contribution in [0.1, 0.15) is 42.1 Å². The first-order chi connectivity index (χ1) is 11.0. The van der Waals surface area contributed by atoms with Crippen molar-refractivity contribution >= 4 is 22.5 Å². The Kier molecular flexibility index (Phi) is 4.35. The van der Waals surface area contributed by atoms with E-state index in [9.17, 15) is 9.00 Å². The zero-order chi connectivity index (χ0) is 16.6. The summed E-state index contributed by atoms with van der Waals surface area (Å²) >= 11 is 0. The van der Waals surface area contributed by atoms with Gasteiger partial charge in [-0.15, -0.1) is 0 Å². The Morgan fingerprint density at radius 3 is 2.83 bits per heavy atom. The van der Waals surface area contributed by atoms with Crippen LogP contribution in [0.25, 0.3) is 5.69 Å². The lowest BCUT2D eigenvalue weighted by atomic mass is 10.1. The fourth-order valence-corrected chi connectivity index (χ4v) is 4.16. The first-order valence-electron chi connectivity index (χ1n) is 7.82. The number of nitrogens with one attached hydrogen (secondary N) is 1. The predicted octanol–water partition coefficient (Wildman–Crippen LogP) is 2.99. The Labute approximate surface area is 138 Å². The maximum atomic E-state index is 12.1. The molecule has 0 spiro atoms. The van der Waals surface area contributed by atoms with Gasteiger partial charge in [-0.2, -0.15) is 5.10 Å². The standard InChI is InChI=1S/C17H21N3O2S/c1-4-5-16(21)18-17-13-9-23(22)10-14(13)19-20(17)15-7-6-11(2)8-12(15)3/h6-8H,4-5,9-10H2,1-3H3,(H,18,21). The van der Waals surface area contributed by atoms with Gasteiger partial charge >= 0.3 is 0 Å². The molecule has 0 fully saturated rings. The summed E-state index contributed by atoms with van der Waals surface area (Å²) in [5.74, 6) is 1.57. The Balaban J connectivity index is 2.08. The van der Waals surface area contributed by atoms with Crippen LogP contribution in [0.3, 0.4) is 0 Å². The molecule has 2 aromatic rings. The number of hydrogen-bond acceptors (Lipinski definition) is 3. The largest absolute Gasteiger partial charge is 0.310 e. The van der Waals surface area contributed by atoms with E-state index in [0.29, 0.717) is 23.7 Å². The number of rotatable bonds is 4. The van der Waals surface area contributed by atoms with E-state index in [4.69, 9.17) is 0 Å². The van der Waals surface area contributed by atoms with Gasteiger partial charge in [0.15, 0.2) is 0 Å². The van der Waals surface area contributed by atoms with Crippen LogP contribution in [0.4, 0.5) is 5.82 Å². The lowest BCUT2D eigenvalue weighted by Gasteiger charge is -2.13. The summed E-state index contributed by atoms with van der Waals surface area (Å²) in [5, 5.41) is 7.60. The third-order valence-corrected chi connectivity index (χ3v) is 5.19. The van der Waals surface area contributed by atoms with E-state index < -0.39 is 10.8 Å². The highest BCUT2D eigenvalue weighted by Gasteiger charge is 2.28. The molecular formula is C17H21N3O2S. The quantitative estimate of drug-likeness (QED) is 0.937. The molecule has 6 heteroatoms. The molecule has 3 rings (SSSR count). The fourth-order valence-electron chi connectivity index (χ4n) is 2.90. The number of benzene rings is 1. The van der Waals surface area contributed by atoms with Crippen molar-refractivity contribution in [3.8, 4) is 5.69 Å². The van der Waals surface area contributed by atoms with Crippen LogP contribution in [0.5, 0.6) is 0 Å². The number of hydrogen-bond donors (Lipinski definition) is 1. The van der Waals surface area contributed by atoms with Crippen LogP contribution in [-0.2, 0) is 27.1 Å². The zero-order valence-corrected chi connectivity index (χ0v) is 14.5. The molecule has 1 aromatic heterocycles. The molecule has 1 atom stereocenters. The van der Waals surface area contributed by atoms with Gasteiger partial charge < -0.3 is 5.32 Å². The maximum absolute atomic E-state index is 12.1. The van der Waals surface area contributed by atoms with Gasteiger partial charge in [-0.25, -0.2) is 4.68 Å². The fraction of sp³-hybridized carbons (Fsp3) is 0.412. The molecule has 122 valence electrons. The smallest absolute Gasteiger partial charge is 0.225 e. The van der Waals surface area contributed by atoms with Crippen LogP contribution in [0.15, 0.2) is 18.2 Å². The molecule has 1 aliphatic heterocycles. The molecule has 1 N–H and O–H groups in total. The lowest BCUT2D eigenvalue weighted by Crippen LogP contribution is -2.16. The topological polar surface area (TPSA) is 64.0 Å². The van der Waals surface area contributed by atoms with Gasteiger partial charge in [0.05, 0.1) is 22.9 Å². The molecule has 1 aromatic carbocycles. The van der Waals surface area contributed by atoms with Crippen molar-refractivity contribution < 1.29 is 9.00 Å². The third-order valence-electron chi connectivity index (χ3n) is 3.99. The van der Waals surface area contributed by atoms with E-state index in [1.165, 1.54) is 5.56 Å². The number of aromatic nitrogens is 2. The lowest BCUT2D eigenvalue weighted by molar-refractivity contribution is -0.116. The number of carbonyl (C=O) groups is 1. The van der Waals surface area contributed by atoms with Crippen molar-refractivity contribution in [1.29, 1.82) is 0 Å². The number of amides is 1. The Morgan fingerprint density at radius 2 is 2.13 bits per heavy atom. The second-order valence-corrected chi connectivity index (χ2v) is 7.46. The summed E-state index contributed by atoms with van der Waals surface area (Å²) in [7, 11) is -0.918. The van der Waals surface area contributed by atoms with Crippen molar-refractivity contribution in [2.45, 2.75) is 45.1 Å². The van der Waals surface area contributed by atoms with E-state index in [2.05, 4.69) is 16.5 Å². The molecule has 0 aliphatic carbocycles. The molecule has 5 nitrogen and oxygen atoms in total. The number of aryl methyl sites for hydroxylation is 2. The van der Waals surface area contributed by atoms with Crippen molar-refractivity contribution in [3.05, 3.63) is 40.6 Å². The van der Waals surface area contributed by atoms with Crippen LogP contribution in [0, 0.1) is 13.8 Å². The zero-order valence-electron chi connectivity index (χ0n) is 13.7. The summed E-state index contributed by atoms with van der Waals surface area (Å²) < 4.78 is 13.6. The highest BCUT2D eigenvalue weighted by molar-refractivity contribution is 7.83. The molecule has 0 radical (unpaired) electrons. The van der Waals surface area contributed by atoms with Gasteiger partial charge in [0.1, 0.15) is 5.82 Å². The van der Waals surface area contributed by atoms with Crippen LogP contribution in [0.2, 0.25) is 0 Å². The van der Waals surface area contributed by atoms with Gasteiger partial charge in [0, 0.05) is 22.8 Å². The Bertz CT molecular complexity index is 795. The molecule has 1 amide bonds. The van der Waals surface area contributed by atoms with Crippen LogP contribution < -0.4 is 5.32 Å². The van der Waals surface area contributed by atoms with Gasteiger partial charge in [-0.1, -0.05) is 24.6 Å². The van der Waals surface area contributed by atoms with E-state index in [0.717, 1.165) is 28.9 Å². The second-order valence-electron chi connectivity index (χ2n) is 6.00. The highest BCUT2D eigenvalue weighted by atomic mass is 32.2. The predicted molar refractivity (Wildman–Crippen MR) is 92.1 cm³/mol. The second kappa shape index (κ2) is 6.28. The maximum Gasteiger partial charge on any atom is 0.225 e. The third kappa shape index (κ3) is 3.08. The number of carbonyl (C=O) groups excluding carboxylic acids is 1. The minimum absolute atomic E-state index is 0.0288. The van der Waals surface area contributed by atoms with Gasteiger partial charge in [0.2, 0.25) is 5.91 Å².